The van der Waals surface area contributed by atoms with E-state index >= 15 is 0 Å². The van der Waals surface area contributed by atoms with Crippen LogP contribution in [0.3, 0.4) is 0 Å². The SMILES string of the molecule is CCC(NC(=O)c1ccc(-c2nccc(N(C)C)n2)cc1)c1nccs1. The number of rotatable bonds is 6. The van der Waals surface area contributed by atoms with Gasteiger partial charge in [-0.25, -0.2) is 15.0 Å². The molecule has 26 heavy (non-hydrogen) atoms. The van der Waals surface area contributed by atoms with E-state index in [0.717, 1.165) is 22.8 Å². The number of anilines is 1. The van der Waals surface area contributed by atoms with Gasteiger partial charge in [-0.2, -0.15) is 0 Å². The predicted octanol–water partition coefficient (Wildman–Crippen LogP) is 3.55. The smallest absolute Gasteiger partial charge is 0.251 e. The molecule has 1 unspecified atom stereocenters. The van der Waals surface area contributed by atoms with E-state index in [1.165, 1.54) is 0 Å². The number of nitrogens with zero attached hydrogens (tertiary/aromatic N) is 4. The van der Waals surface area contributed by atoms with Crippen LogP contribution in [0.1, 0.15) is 34.8 Å². The number of hydrogen-bond donors (Lipinski definition) is 1. The van der Waals surface area contributed by atoms with Crippen molar-refractivity contribution in [3.63, 3.8) is 0 Å². The minimum atomic E-state index is -0.110. The lowest BCUT2D eigenvalue weighted by Crippen LogP contribution is -2.28. The number of aromatic nitrogens is 3. The Morgan fingerprint density at radius 3 is 2.54 bits per heavy atom. The van der Waals surface area contributed by atoms with Crippen LogP contribution in [-0.4, -0.2) is 35.0 Å². The zero-order valence-electron chi connectivity index (χ0n) is 15.0. The van der Waals surface area contributed by atoms with Gasteiger partial charge in [-0.3, -0.25) is 4.79 Å². The van der Waals surface area contributed by atoms with Crippen molar-refractivity contribution in [1.82, 2.24) is 20.3 Å². The van der Waals surface area contributed by atoms with Gasteiger partial charge >= 0.3 is 0 Å². The van der Waals surface area contributed by atoms with Crippen molar-refractivity contribution in [3.05, 3.63) is 58.7 Å². The van der Waals surface area contributed by atoms with Crippen LogP contribution in [0, 0.1) is 0 Å². The Hall–Kier alpha value is -2.80. The number of amides is 1. The summed E-state index contributed by atoms with van der Waals surface area (Å²) in [5.41, 5.74) is 1.48. The molecule has 0 aliphatic heterocycles. The molecule has 0 saturated carbocycles. The first kappa shape index (κ1) is 18.0. The van der Waals surface area contributed by atoms with Crippen LogP contribution < -0.4 is 10.2 Å². The molecule has 0 spiro atoms. The van der Waals surface area contributed by atoms with Crippen molar-refractivity contribution in [2.45, 2.75) is 19.4 Å². The van der Waals surface area contributed by atoms with Gasteiger partial charge in [-0.1, -0.05) is 19.1 Å². The van der Waals surface area contributed by atoms with E-state index in [9.17, 15) is 4.79 Å². The summed E-state index contributed by atoms with van der Waals surface area (Å²) in [4.78, 5) is 27.6. The van der Waals surface area contributed by atoms with Gasteiger partial charge in [0.2, 0.25) is 0 Å². The zero-order valence-corrected chi connectivity index (χ0v) is 15.8. The summed E-state index contributed by atoms with van der Waals surface area (Å²) in [6.07, 6.45) is 4.28. The van der Waals surface area contributed by atoms with E-state index in [2.05, 4.69) is 20.3 Å². The topological polar surface area (TPSA) is 71.0 Å². The molecule has 1 atom stereocenters. The van der Waals surface area contributed by atoms with Crippen LogP contribution in [0.5, 0.6) is 0 Å². The molecule has 0 bridgehead atoms. The van der Waals surface area contributed by atoms with E-state index in [0.29, 0.717) is 11.4 Å². The summed E-state index contributed by atoms with van der Waals surface area (Å²) in [5.74, 6) is 1.37. The molecule has 134 valence electrons. The lowest BCUT2D eigenvalue weighted by Gasteiger charge is -2.14. The van der Waals surface area contributed by atoms with Crippen LogP contribution in [0.4, 0.5) is 5.82 Å². The van der Waals surface area contributed by atoms with E-state index in [1.54, 1.807) is 35.9 Å². The molecule has 1 aromatic carbocycles. The summed E-state index contributed by atoms with van der Waals surface area (Å²) in [5, 5.41) is 5.88. The van der Waals surface area contributed by atoms with Gasteiger partial charge in [0.15, 0.2) is 5.82 Å². The zero-order chi connectivity index (χ0) is 18.5. The largest absolute Gasteiger partial charge is 0.363 e. The molecule has 2 aromatic heterocycles. The summed E-state index contributed by atoms with van der Waals surface area (Å²) in [6.45, 7) is 2.03. The third kappa shape index (κ3) is 4.05. The van der Waals surface area contributed by atoms with Gasteiger partial charge < -0.3 is 10.2 Å². The molecule has 1 N–H and O–H groups in total. The van der Waals surface area contributed by atoms with E-state index in [4.69, 9.17) is 0 Å². The molecule has 3 rings (SSSR count). The summed E-state index contributed by atoms with van der Waals surface area (Å²) in [6, 6.07) is 9.12. The summed E-state index contributed by atoms with van der Waals surface area (Å²) < 4.78 is 0. The molecular weight excluding hydrogens is 346 g/mol. The van der Waals surface area contributed by atoms with Crippen LogP contribution in [0.15, 0.2) is 48.1 Å². The van der Waals surface area contributed by atoms with Crippen molar-refractivity contribution in [2.24, 2.45) is 0 Å². The Bertz CT molecular complexity index is 862. The third-order valence-electron chi connectivity index (χ3n) is 3.97. The maximum atomic E-state index is 12.5. The average Bonchev–Trinajstić information content (AvgIpc) is 3.20. The van der Waals surface area contributed by atoms with E-state index < -0.39 is 0 Å². The second-order valence-corrected chi connectivity index (χ2v) is 6.94. The molecule has 0 saturated heterocycles. The van der Waals surface area contributed by atoms with Gasteiger partial charge in [0.1, 0.15) is 10.8 Å². The van der Waals surface area contributed by atoms with Crippen LogP contribution in [0.2, 0.25) is 0 Å². The highest BCUT2D eigenvalue weighted by Gasteiger charge is 2.16. The van der Waals surface area contributed by atoms with E-state index in [-0.39, 0.29) is 11.9 Å². The second kappa shape index (κ2) is 8.05. The van der Waals surface area contributed by atoms with Crippen molar-refractivity contribution >= 4 is 23.1 Å². The summed E-state index contributed by atoms with van der Waals surface area (Å²) >= 11 is 1.55. The van der Waals surface area contributed by atoms with Gasteiger partial charge in [0.25, 0.3) is 5.91 Å². The maximum absolute atomic E-state index is 12.5. The maximum Gasteiger partial charge on any atom is 0.251 e. The predicted molar refractivity (Wildman–Crippen MR) is 104 cm³/mol. The highest BCUT2D eigenvalue weighted by Crippen LogP contribution is 2.21. The monoisotopic (exact) mass is 367 g/mol. The molecule has 0 aliphatic rings. The lowest BCUT2D eigenvalue weighted by atomic mass is 10.1. The molecule has 0 radical (unpaired) electrons. The second-order valence-electron chi connectivity index (χ2n) is 6.01. The normalized spacial score (nSPS) is 11.8. The highest BCUT2D eigenvalue weighted by atomic mass is 32.1. The quantitative estimate of drug-likeness (QED) is 0.721. The number of hydrogen-bond acceptors (Lipinski definition) is 6. The molecular formula is C19H21N5OS. The van der Waals surface area contributed by atoms with Gasteiger partial charge in [0.05, 0.1) is 6.04 Å². The molecule has 0 aliphatic carbocycles. The number of carbonyl (C=O) groups excluding carboxylic acids is 1. The fourth-order valence-corrected chi connectivity index (χ4v) is 3.27. The molecule has 6 nitrogen and oxygen atoms in total. The molecule has 3 aromatic rings. The van der Waals surface area contributed by atoms with Crippen LogP contribution in [-0.2, 0) is 0 Å². The fourth-order valence-electron chi connectivity index (χ4n) is 2.49. The van der Waals surface area contributed by atoms with Crippen LogP contribution >= 0.6 is 11.3 Å². The Morgan fingerprint density at radius 1 is 1.15 bits per heavy atom. The number of thiazole rings is 1. The first-order valence-electron chi connectivity index (χ1n) is 8.39. The van der Waals surface area contributed by atoms with E-state index in [1.807, 2.05) is 49.5 Å². The highest BCUT2D eigenvalue weighted by molar-refractivity contribution is 7.09. The third-order valence-corrected chi connectivity index (χ3v) is 4.86. The van der Waals surface area contributed by atoms with Crippen molar-refractivity contribution in [1.29, 1.82) is 0 Å². The molecule has 7 heteroatoms. The minimum Gasteiger partial charge on any atom is -0.363 e. The van der Waals surface area contributed by atoms with Crippen LogP contribution in [0.25, 0.3) is 11.4 Å². The average molecular weight is 367 g/mol. The summed E-state index contributed by atoms with van der Waals surface area (Å²) in [7, 11) is 3.87. The van der Waals surface area contributed by atoms with Crippen molar-refractivity contribution in [3.8, 4) is 11.4 Å². The van der Waals surface area contributed by atoms with Gasteiger partial charge in [-0.15, -0.1) is 11.3 Å². The van der Waals surface area contributed by atoms with Gasteiger partial charge in [-0.05, 0) is 24.6 Å². The first-order chi connectivity index (χ1) is 12.6. The molecule has 1 amide bonds. The number of nitrogens with one attached hydrogen (secondary N) is 1. The Balaban J connectivity index is 1.75. The Kier molecular flexibility index (Phi) is 5.58. The van der Waals surface area contributed by atoms with Gasteiger partial charge in [0, 0.05) is 43.0 Å². The Labute approximate surface area is 157 Å². The fraction of sp³-hybridized carbons (Fsp3) is 0.263. The number of carbonyl (C=O) groups is 1. The van der Waals surface area contributed by atoms with Crippen molar-refractivity contribution < 1.29 is 4.79 Å². The standard InChI is InChI=1S/C19H21N5OS/c1-4-15(19-21-11-12-26-19)22-18(25)14-7-5-13(6-8-14)17-20-10-9-16(23-17)24(2)3/h5-12,15H,4H2,1-3H3,(H,22,25). The lowest BCUT2D eigenvalue weighted by molar-refractivity contribution is 0.0935. The Morgan fingerprint density at radius 2 is 1.92 bits per heavy atom. The molecule has 2 heterocycles. The number of benzene rings is 1. The van der Waals surface area contributed by atoms with Crippen molar-refractivity contribution in [2.75, 3.05) is 19.0 Å². The molecule has 0 fully saturated rings. The first-order valence-corrected chi connectivity index (χ1v) is 9.27. The minimum absolute atomic E-state index is 0.0673.